The number of halogens is 1. The van der Waals surface area contributed by atoms with Crippen LogP contribution < -0.4 is 9.47 Å². The second-order valence-corrected chi connectivity index (χ2v) is 5.40. The molecule has 0 aliphatic carbocycles. The van der Waals surface area contributed by atoms with E-state index in [0.717, 1.165) is 27.1 Å². The van der Waals surface area contributed by atoms with E-state index in [1.54, 1.807) is 6.92 Å². The van der Waals surface area contributed by atoms with Gasteiger partial charge >= 0.3 is 0 Å². The molecule has 3 nitrogen and oxygen atoms in total. The average Bonchev–Trinajstić information content (AvgIpc) is 2.28. The molecule has 1 aliphatic heterocycles. The van der Waals surface area contributed by atoms with E-state index in [-0.39, 0.29) is 5.92 Å². The Labute approximate surface area is 110 Å². The zero-order valence-corrected chi connectivity index (χ0v) is 11.9. The van der Waals surface area contributed by atoms with Crippen LogP contribution >= 0.6 is 15.9 Å². The van der Waals surface area contributed by atoms with Crippen molar-refractivity contribution in [3.05, 3.63) is 21.7 Å². The largest absolute Gasteiger partial charge is 0.486 e. The van der Waals surface area contributed by atoms with E-state index in [4.69, 9.17) is 9.47 Å². The van der Waals surface area contributed by atoms with Gasteiger partial charge in [0.2, 0.25) is 0 Å². The molecule has 0 saturated carbocycles. The lowest BCUT2D eigenvalue weighted by Crippen LogP contribution is -2.18. The molecule has 1 unspecified atom stereocenters. The van der Waals surface area contributed by atoms with Crippen LogP contribution in [-0.2, 0) is 0 Å². The molecule has 1 aromatic carbocycles. The summed E-state index contributed by atoms with van der Waals surface area (Å²) in [7, 11) is 0. The van der Waals surface area contributed by atoms with Crippen LogP contribution in [0.2, 0.25) is 0 Å². The first-order chi connectivity index (χ1) is 8.02. The number of fused-ring (bicyclic) bond motifs is 1. The summed E-state index contributed by atoms with van der Waals surface area (Å²) < 4.78 is 12.2. The molecular weight excluding hydrogens is 284 g/mol. The van der Waals surface area contributed by atoms with Crippen molar-refractivity contribution in [2.24, 2.45) is 0 Å². The average molecular weight is 301 g/mol. The lowest BCUT2D eigenvalue weighted by atomic mass is 9.92. The molecule has 2 rings (SSSR count). The Morgan fingerprint density at radius 1 is 1.18 bits per heavy atom. The maximum atomic E-state index is 9.86. The van der Waals surface area contributed by atoms with Crippen molar-refractivity contribution in [3.63, 3.8) is 0 Å². The van der Waals surface area contributed by atoms with E-state index in [2.05, 4.69) is 29.8 Å². The molecule has 94 valence electrons. The topological polar surface area (TPSA) is 38.7 Å². The third-order valence-electron chi connectivity index (χ3n) is 2.86. The van der Waals surface area contributed by atoms with E-state index in [1.165, 1.54) is 0 Å². The molecule has 1 atom stereocenters. The summed E-state index contributed by atoms with van der Waals surface area (Å²) in [5.74, 6) is 1.81. The zero-order chi connectivity index (χ0) is 12.6. The van der Waals surface area contributed by atoms with Crippen LogP contribution in [-0.4, -0.2) is 18.3 Å². The highest BCUT2D eigenvalue weighted by Crippen LogP contribution is 2.46. The molecule has 0 saturated heterocycles. The summed E-state index contributed by atoms with van der Waals surface area (Å²) in [6, 6.07) is 1.92. The minimum atomic E-state index is -0.514. The molecule has 0 spiro atoms. The summed E-state index contributed by atoms with van der Waals surface area (Å²) in [6.45, 7) is 7.07. The SMILES string of the molecule is CC(C)c1c(C(C)O)cc(Br)c2c1OCCO2. The quantitative estimate of drug-likeness (QED) is 0.910. The predicted octanol–water partition coefficient (Wildman–Crippen LogP) is 3.40. The smallest absolute Gasteiger partial charge is 0.175 e. The van der Waals surface area contributed by atoms with Gasteiger partial charge in [0.15, 0.2) is 11.5 Å². The van der Waals surface area contributed by atoms with Crippen LogP contribution in [0.25, 0.3) is 0 Å². The monoisotopic (exact) mass is 300 g/mol. The van der Waals surface area contributed by atoms with E-state index in [0.29, 0.717) is 13.2 Å². The molecule has 0 amide bonds. The van der Waals surface area contributed by atoms with Gasteiger partial charge in [-0.05, 0) is 40.4 Å². The summed E-state index contributed by atoms with van der Waals surface area (Å²) in [6.07, 6.45) is -0.514. The summed E-state index contributed by atoms with van der Waals surface area (Å²) in [5.41, 5.74) is 1.94. The highest BCUT2D eigenvalue weighted by molar-refractivity contribution is 9.10. The van der Waals surface area contributed by atoms with Gasteiger partial charge in [0.1, 0.15) is 13.2 Å². The molecule has 1 aromatic rings. The lowest BCUT2D eigenvalue weighted by molar-refractivity contribution is 0.164. The van der Waals surface area contributed by atoms with Gasteiger partial charge in [-0.15, -0.1) is 0 Å². The first-order valence-corrected chi connectivity index (χ1v) is 6.61. The van der Waals surface area contributed by atoms with Gasteiger partial charge in [-0.25, -0.2) is 0 Å². The minimum absolute atomic E-state index is 0.281. The van der Waals surface area contributed by atoms with Crippen LogP contribution in [0.4, 0.5) is 0 Å². The molecule has 0 fully saturated rings. The van der Waals surface area contributed by atoms with Crippen molar-refractivity contribution in [1.82, 2.24) is 0 Å². The molecular formula is C13H17BrO3. The van der Waals surface area contributed by atoms with Gasteiger partial charge in [0.25, 0.3) is 0 Å². The standard InChI is InChI=1S/C13H17BrO3/c1-7(2)11-9(8(3)15)6-10(14)12-13(11)17-5-4-16-12/h6-8,15H,4-5H2,1-3H3. The van der Waals surface area contributed by atoms with Gasteiger partial charge in [0, 0.05) is 5.56 Å². The zero-order valence-electron chi connectivity index (χ0n) is 10.3. The van der Waals surface area contributed by atoms with Crippen LogP contribution in [0.1, 0.15) is 43.9 Å². The molecule has 0 aromatic heterocycles. The number of hydrogen-bond acceptors (Lipinski definition) is 3. The number of aliphatic hydroxyl groups is 1. The maximum absolute atomic E-state index is 9.86. The van der Waals surface area contributed by atoms with Gasteiger partial charge in [-0.3, -0.25) is 0 Å². The Hall–Kier alpha value is -0.740. The van der Waals surface area contributed by atoms with Crippen LogP contribution in [0.15, 0.2) is 10.5 Å². The van der Waals surface area contributed by atoms with Crippen LogP contribution in [0, 0.1) is 0 Å². The fourth-order valence-electron chi connectivity index (χ4n) is 2.15. The van der Waals surface area contributed by atoms with Crippen molar-refractivity contribution in [3.8, 4) is 11.5 Å². The predicted molar refractivity (Wildman–Crippen MR) is 69.9 cm³/mol. The molecule has 17 heavy (non-hydrogen) atoms. The first kappa shape index (κ1) is 12.7. The number of ether oxygens (including phenoxy) is 2. The van der Waals surface area contributed by atoms with Gasteiger partial charge in [-0.1, -0.05) is 13.8 Å². The molecule has 4 heteroatoms. The van der Waals surface area contributed by atoms with Crippen LogP contribution in [0.3, 0.4) is 0 Å². The molecule has 1 aliphatic rings. The maximum Gasteiger partial charge on any atom is 0.175 e. The Bertz CT molecular complexity index is 427. The van der Waals surface area contributed by atoms with E-state index >= 15 is 0 Å². The normalized spacial score (nSPS) is 16.1. The van der Waals surface area contributed by atoms with Gasteiger partial charge < -0.3 is 14.6 Å². The number of aliphatic hydroxyl groups excluding tert-OH is 1. The third kappa shape index (κ3) is 2.29. The summed E-state index contributed by atoms with van der Waals surface area (Å²) >= 11 is 3.47. The fraction of sp³-hybridized carbons (Fsp3) is 0.538. The first-order valence-electron chi connectivity index (χ1n) is 5.82. The number of benzene rings is 1. The lowest BCUT2D eigenvalue weighted by Gasteiger charge is -2.26. The number of hydrogen-bond donors (Lipinski definition) is 1. The highest BCUT2D eigenvalue weighted by atomic mass is 79.9. The van der Waals surface area contributed by atoms with Crippen molar-refractivity contribution in [2.45, 2.75) is 32.8 Å². The van der Waals surface area contributed by atoms with Crippen molar-refractivity contribution in [2.75, 3.05) is 13.2 Å². The molecule has 1 heterocycles. The number of rotatable bonds is 2. The second-order valence-electron chi connectivity index (χ2n) is 4.55. The van der Waals surface area contributed by atoms with Crippen molar-refractivity contribution < 1.29 is 14.6 Å². The van der Waals surface area contributed by atoms with Crippen molar-refractivity contribution in [1.29, 1.82) is 0 Å². The van der Waals surface area contributed by atoms with Gasteiger partial charge in [-0.2, -0.15) is 0 Å². The minimum Gasteiger partial charge on any atom is -0.486 e. The Morgan fingerprint density at radius 3 is 2.29 bits per heavy atom. The van der Waals surface area contributed by atoms with E-state index < -0.39 is 6.10 Å². The highest BCUT2D eigenvalue weighted by Gasteiger charge is 2.25. The summed E-state index contributed by atoms with van der Waals surface area (Å²) in [5, 5.41) is 9.86. The Balaban J connectivity index is 2.66. The molecule has 0 bridgehead atoms. The second kappa shape index (κ2) is 4.86. The van der Waals surface area contributed by atoms with E-state index in [9.17, 15) is 5.11 Å². The summed E-state index contributed by atoms with van der Waals surface area (Å²) in [4.78, 5) is 0. The fourth-order valence-corrected chi connectivity index (χ4v) is 2.69. The van der Waals surface area contributed by atoms with Gasteiger partial charge in [0.05, 0.1) is 10.6 Å². The van der Waals surface area contributed by atoms with E-state index in [1.807, 2.05) is 6.07 Å². The Morgan fingerprint density at radius 2 is 1.76 bits per heavy atom. The Kier molecular flexibility index (Phi) is 3.64. The van der Waals surface area contributed by atoms with Crippen molar-refractivity contribution >= 4 is 15.9 Å². The molecule has 0 radical (unpaired) electrons. The third-order valence-corrected chi connectivity index (χ3v) is 3.45. The van der Waals surface area contributed by atoms with Crippen LogP contribution in [0.5, 0.6) is 11.5 Å². The molecule has 1 N–H and O–H groups in total.